The molecule has 4 N–H and O–H groups in total. The topological polar surface area (TPSA) is 114 Å². The van der Waals surface area contributed by atoms with E-state index < -0.39 is 5.91 Å². The number of nitrogens with one attached hydrogen (secondary N) is 2. The normalized spacial score (nSPS) is 10.0. The summed E-state index contributed by atoms with van der Waals surface area (Å²) in [5, 5.41) is 5.57. The molecule has 1 aromatic carbocycles. The Morgan fingerprint density at radius 1 is 1.23 bits per heavy atom. The van der Waals surface area contributed by atoms with Crippen LogP contribution in [-0.4, -0.2) is 22.7 Å². The molecule has 0 aliphatic rings. The van der Waals surface area contributed by atoms with E-state index in [1.54, 1.807) is 24.3 Å². The zero-order valence-corrected chi connectivity index (χ0v) is 12.6. The maximum absolute atomic E-state index is 12.0. The fourth-order valence-corrected chi connectivity index (χ4v) is 2.28. The van der Waals surface area contributed by atoms with E-state index in [9.17, 15) is 14.4 Å². The molecule has 7 nitrogen and oxygen atoms in total. The Kier molecular flexibility index (Phi) is 4.84. The highest BCUT2D eigenvalue weighted by Crippen LogP contribution is 2.18. The van der Waals surface area contributed by atoms with Crippen LogP contribution in [0, 0.1) is 0 Å². The third-order valence-corrected chi connectivity index (χ3v) is 3.65. The van der Waals surface area contributed by atoms with Gasteiger partial charge in [0.1, 0.15) is 4.88 Å². The quantitative estimate of drug-likeness (QED) is 0.766. The first kappa shape index (κ1) is 15.6. The average molecular weight is 318 g/mol. The summed E-state index contributed by atoms with van der Waals surface area (Å²) >= 11 is 1.01. The number of anilines is 1. The highest BCUT2D eigenvalue weighted by Gasteiger charge is 2.11. The van der Waals surface area contributed by atoms with Crippen LogP contribution < -0.4 is 16.4 Å². The predicted molar refractivity (Wildman–Crippen MR) is 82.5 cm³/mol. The molecule has 0 radical (unpaired) electrons. The SMILES string of the molecule is CC(=O)NCc1ccc(C(=O)Nc2ncc(C(N)=O)s2)cc1. The number of hydrogen-bond donors (Lipinski definition) is 3. The summed E-state index contributed by atoms with van der Waals surface area (Å²) in [4.78, 5) is 38.0. The average Bonchev–Trinajstić information content (AvgIpc) is 2.94. The third kappa shape index (κ3) is 4.13. The van der Waals surface area contributed by atoms with Gasteiger partial charge in [-0.3, -0.25) is 19.7 Å². The monoisotopic (exact) mass is 318 g/mol. The maximum Gasteiger partial charge on any atom is 0.260 e. The van der Waals surface area contributed by atoms with Crippen LogP contribution in [0.25, 0.3) is 0 Å². The summed E-state index contributed by atoms with van der Waals surface area (Å²) < 4.78 is 0. The van der Waals surface area contributed by atoms with Crippen molar-refractivity contribution in [2.24, 2.45) is 5.73 Å². The van der Waals surface area contributed by atoms with Crippen LogP contribution in [-0.2, 0) is 11.3 Å². The fraction of sp³-hybridized carbons (Fsp3) is 0.143. The Balaban J connectivity index is 1.99. The molecule has 0 aliphatic carbocycles. The van der Waals surface area contributed by atoms with Gasteiger partial charge in [-0.2, -0.15) is 0 Å². The summed E-state index contributed by atoms with van der Waals surface area (Å²) in [5.41, 5.74) is 6.46. The van der Waals surface area contributed by atoms with Gasteiger partial charge in [0.2, 0.25) is 5.91 Å². The van der Waals surface area contributed by atoms with Gasteiger partial charge in [-0.25, -0.2) is 4.98 Å². The minimum atomic E-state index is -0.583. The molecule has 0 bridgehead atoms. The number of rotatable bonds is 5. The molecule has 2 aromatic rings. The molecule has 114 valence electrons. The van der Waals surface area contributed by atoms with E-state index in [4.69, 9.17) is 5.73 Å². The van der Waals surface area contributed by atoms with E-state index in [1.807, 2.05) is 0 Å². The molecule has 8 heteroatoms. The van der Waals surface area contributed by atoms with Crippen LogP contribution in [0.5, 0.6) is 0 Å². The molecule has 0 atom stereocenters. The lowest BCUT2D eigenvalue weighted by Crippen LogP contribution is -2.19. The standard InChI is InChI=1S/C14H14N4O3S/c1-8(19)16-6-9-2-4-10(5-3-9)13(21)18-14-17-7-11(22-14)12(15)20/h2-5,7H,6H2,1H3,(H2,15,20)(H,16,19)(H,17,18,21). The molecule has 3 amide bonds. The van der Waals surface area contributed by atoms with Crippen LogP contribution in [0.4, 0.5) is 5.13 Å². The Labute approximate surface area is 130 Å². The number of carbonyl (C=O) groups is 3. The number of aromatic nitrogens is 1. The minimum absolute atomic E-state index is 0.115. The minimum Gasteiger partial charge on any atom is -0.365 e. The first-order chi connectivity index (χ1) is 10.5. The van der Waals surface area contributed by atoms with Gasteiger partial charge in [-0.15, -0.1) is 0 Å². The van der Waals surface area contributed by atoms with Crippen molar-refractivity contribution in [3.8, 4) is 0 Å². The number of carbonyl (C=O) groups excluding carboxylic acids is 3. The van der Waals surface area contributed by atoms with E-state index >= 15 is 0 Å². The first-order valence-corrected chi connectivity index (χ1v) is 7.17. The van der Waals surface area contributed by atoms with Gasteiger partial charge >= 0.3 is 0 Å². The second kappa shape index (κ2) is 6.81. The molecule has 0 saturated heterocycles. The second-order valence-electron chi connectivity index (χ2n) is 4.45. The molecular weight excluding hydrogens is 304 g/mol. The Morgan fingerprint density at radius 3 is 2.45 bits per heavy atom. The molecule has 1 heterocycles. The number of primary amides is 1. The maximum atomic E-state index is 12.0. The van der Waals surface area contributed by atoms with E-state index in [0.29, 0.717) is 17.2 Å². The van der Waals surface area contributed by atoms with Gasteiger partial charge in [0.05, 0.1) is 6.20 Å². The van der Waals surface area contributed by atoms with Crippen molar-refractivity contribution in [1.29, 1.82) is 0 Å². The fourth-order valence-electron chi connectivity index (χ4n) is 1.62. The number of hydrogen-bond acceptors (Lipinski definition) is 5. The Bertz CT molecular complexity index is 709. The van der Waals surface area contributed by atoms with Gasteiger partial charge in [-0.05, 0) is 17.7 Å². The molecule has 0 unspecified atom stereocenters. The molecule has 0 fully saturated rings. The van der Waals surface area contributed by atoms with Gasteiger partial charge in [0, 0.05) is 19.0 Å². The summed E-state index contributed by atoms with van der Waals surface area (Å²) in [5.74, 6) is -1.03. The van der Waals surface area contributed by atoms with Crippen molar-refractivity contribution in [1.82, 2.24) is 10.3 Å². The van der Waals surface area contributed by atoms with Crippen LogP contribution >= 0.6 is 11.3 Å². The van der Waals surface area contributed by atoms with E-state index in [2.05, 4.69) is 15.6 Å². The van der Waals surface area contributed by atoms with E-state index in [0.717, 1.165) is 16.9 Å². The zero-order chi connectivity index (χ0) is 16.1. The molecular formula is C14H14N4O3S. The molecule has 2 rings (SSSR count). The zero-order valence-electron chi connectivity index (χ0n) is 11.8. The van der Waals surface area contributed by atoms with Crippen molar-refractivity contribution >= 4 is 34.2 Å². The molecule has 22 heavy (non-hydrogen) atoms. The van der Waals surface area contributed by atoms with Gasteiger partial charge < -0.3 is 11.1 Å². The van der Waals surface area contributed by atoms with Gasteiger partial charge in [0.25, 0.3) is 11.8 Å². The van der Waals surface area contributed by atoms with Crippen LogP contribution in [0.15, 0.2) is 30.5 Å². The lowest BCUT2D eigenvalue weighted by molar-refractivity contribution is -0.119. The van der Waals surface area contributed by atoms with E-state index in [-0.39, 0.29) is 16.7 Å². The van der Waals surface area contributed by atoms with Crippen molar-refractivity contribution in [3.63, 3.8) is 0 Å². The lowest BCUT2D eigenvalue weighted by atomic mass is 10.1. The largest absolute Gasteiger partial charge is 0.365 e. The summed E-state index contributed by atoms with van der Waals surface area (Å²) in [7, 11) is 0. The summed E-state index contributed by atoms with van der Waals surface area (Å²) in [6.07, 6.45) is 1.32. The second-order valence-corrected chi connectivity index (χ2v) is 5.49. The number of nitrogens with two attached hydrogens (primary N) is 1. The number of amides is 3. The molecule has 0 saturated carbocycles. The van der Waals surface area contributed by atoms with E-state index in [1.165, 1.54) is 13.1 Å². The Morgan fingerprint density at radius 2 is 1.91 bits per heavy atom. The Hall–Kier alpha value is -2.74. The number of benzene rings is 1. The first-order valence-electron chi connectivity index (χ1n) is 6.36. The van der Waals surface area contributed by atoms with Crippen LogP contribution in [0.3, 0.4) is 0 Å². The summed E-state index contributed by atoms with van der Waals surface area (Å²) in [6, 6.07) is 6.80. The van der Waals surface area contributed by atoms with Crippen molar-refractivity contribution < 1.29 is 14.4 Å². The molecule has 1 aromatic heterocycles. The van der Waals surface area contributed by atoms with Gasteiger partial charge in [-0.1, -0.05) is 23.5 Å². The van der Waals surface area contributed by atoms with Crippen LogP contribution in [0.1, 0.15) is 32.5 Å². The highest BCUT2D eigenvalue weighted by atomic mass is 32.1. The van der Waals surface area contributed by atoms with Gasteiger partial charge in [0.15, 0.2) is 5.13 Å². The smallest absolute Gasteiger partial charge is 0.260 e. The third-order valence-electron chi connectivity index (χ3n) is 2.73. The number of nitrogens with zero attached hydrogens (tertiary/aromatic N) is 1. The van der Waals surface area contributed by atoms with Crippen molar-refractivity contribution in [3.05, 3.63) is 46.5 Å². The molecule has 0 aliphatic heterocycles. The summed E-state index contributed by atoms with van der Waals surface area (Å²) in [6.45, 7) is 1.85. The number of thiazole rings is 1. The molecule has 0 spiro atoms. The van der Waals surface area contributed by atoms with Crippen molar-refractivity contribution in [2.75, 3.05) is 5.32 Å². The predicted octanol–water partition coefficient (Wildman–Crippen LogP) is 1.13. The van der Waals surface area contributed by atoms with Crippen molar-refractivity contribution in [2.45, 2.75) is 13.5 Å². The highest BCUT2D eigenvalue weighted by molar-refractivity contribution is 7.17. The lowest BCUT2D eigenvalue weighted by Gasteiger charge is -2.05. The van der Waals surface area contributed by atoms with Crippen LogP contribution in [0.2, 0.25) is 0 Å².